The van der Waals surface area contributed by atoms with Crippen molar-refractivity contribution in [1.82, 2.24) is 15.5 Å². The maximum Gasteiger partial charge on any atom is 0.237 e. The van der Waals surface area contributed by atoms with Crippen LogP contribution in [0, 0.1) is 5.92 Å². The highest BCUT2D eigenvalue weighted by Crippen LogP contribution is 2.19. The van der Waals surface area contributed by atoms with E-state index < -0.39 is 0 Å². The number of hydrogen-bond acceptors (Lipinski definition) is 3. The van der Waals surface area contributed by atoms with Crippen molar-refractivity contribution < 1.29 is 9.59 Å². The first-order valence-corrected chi connectivity index (χ1v) is 7.02. The van der Waals surface area contributed by atoms with Crippen LogP contribution in [0.1, 0.15) is 40.5 Å². The first kappa shape index (κ1) is 16.0. The quantitative estimate of drug-likeness (QED) is 0.795. The van der Waals surface area contributed by atoms with Gasteiger partial charge in [-0.05, 0) is 53.6 Å². The Balaban J connectivity index is 2.46. The Morgan fingerprint density at radius 2 is 1.74 bits per heavy atom. The van der Waals surface area contributed by atoms with Gasteiger partial charge in [-0.15, -0.1) is 0 Å². The Kier molecular flexibility index (Phi) is 5.35. The van der Waals surface area contributed by atoms with Crippen LogP contribution >= 0.6 is 0 Å². The average Bonchev–Trinajstić information content (AvgIpc) is 2.35. The van der Waals surface area contributed by atoms with Crippen LogP contribution in [0.2, 0.25) is 0 Å². The van der Waals surface area contributed by atoms with E-state index in [1.54, 1.807) is 7.05 Å². The SMILES string of the molecule is CNC(=O)C1CCN(C(C)C(=O)NC(C)(C)C)CC1. The molecule has 1 aliphatic heterocycles. The molecule has 0 bridgehead atoms. The van der Waals surface area contributed by atoms with Gasteiger partial charge in [-0.2, -0.15) is 0 Å². The molecule has 1 fully saturated rings. The van der Waals surface area contributed by atoms with E-state index in [-0.39, 0.29) is 29.3 Å². The van der Waals surface area contributed by atoms with E-state index >= 15 is 0 Å². The van der Waals surface area contributed by atoms with Crippen LogP contribution in [0.3, 0.4) is 0 Å². The maximum absolute atomic E-state index is 12.1. The van der Waals surface area contributed by atoms with Crippen LogP contribution in [0.4, 0.5) is 0 Å². The summed E-state index contributed by atoms with van der Waals surface area (Å²) in [7, 11) is 1.67. The summed E-state index contributed by atoms with van der Waals surface area (Å²) in [6.45, 7) is 9.48. The van der Waals surface area contributed by atoms with Crippen molar-refractivity contribution in [2.24, 2.45) is 5.92 Å². The molecule has 1 rings (SSSR count). The zero-order valence-electron chi connectivity index (χ0n) is 12.7. The van der Waals surface area contributed by atoms with Crippen molar-refractivity contribution >= 4 is 11.8 Å². The van der Waals surface area contributed by atoms with Gasteiger partial charge in [-0.3, -0.25) is 14.5 Å². The second kappa shape index (κ2) is 6.37. The molecule has 5 nitrogen and oxygen atoms in total. The van der Waals surface area contributed by atoms with Crippen LogP contribution in [0.15, 0.2) is 0 Å². The van der Waals surface area contributed by atoms with Crippen molar-refractivity contribution in [3.63, 3.8) is 0 Å². The maximum atomic E-state index is 12.1. The molecule has 110 valence electrons. The first-order valence-electron chi connectivity index (χ1n) is 7.02. The van der Waals surface area contributed by atoms with Crippen LogP contribution in [0.25, 0.3) is 0 Å². The summed E-state index contributed by atoms with van der Waals surface area (Å²) in [6.07, 6.45) is 1.65. The minimum atomic E-state index is -0.203. The van der Waals surface area contributed by atoms with Gasteiger partial charge < -0.3 is 10.6 Å². The Labute approximate surface area is 116 Å². The van der Waals surface area contributed by atoms with Gasteiger partial charge >= 0.3 is 0 Å². The summed E-state index contributed by atoms with van der Waals surface area (Å²) in [5.74, 6) is 0.275. The topological polar surface area (TPSA) is 61.4 Å². The fourth-order valence-corrected chi connectivity index (χ4v) is 2.39. The second-order valence-corrected chi connectivity index (χ2v) is 6.34. The van der Waals surface area contributed by atoms with E-state index in [0.717, 1.165) is 25.9 Å². The summed E-state index contributed by atoms with van der Waals surface area (Å²) < 4.78 is 0. The molecule has 0 spiro atoms. The number of nitrogens with one attached hydrogen (secondary N) is 2. The van der Waals surface area contributed by atoms with Crippen molar-refractivity contribution in [3.05, 3.63) is 0 Å². The summed E-state index contributed by atoms with van der Waals surface area (Å²) in [4.78, 5) is 25.8. The second-order valence-electron chi connectivity index (χ2n) is 6.34. The number of nitrogens with zero attached hydrogens (tertiary/aromatic N) is 1. The molecule has 2 N–H and O–H groups in total. The highest BCUT2D eigenvalue weighted by molar-refractivity contribution is 5.82. The number of rotatable bonds is 3. The molecule has 2 amide bonds. The van der Waals surface area contributed by atoms with Gasteiger partial charge in [0.05, 0.1) is 6.04 Å². The number of likely N-dealkylation sites (tertiary alicyclic amines) is 1. The fourth-order valence-electron chi connectivity index (χ4n) is 2.39. The summed E-state index contributed by atoms with van der Waals surface area (Å²) >= 11 is 0. The van der Waals surface area contributed by atoms with E-state index in [4.69, 9.17) is 0 Å². The smallest absolute Gasteiger partial charge is 0.237 e. The summed E-state index contributed by atoms with van der Waals surface area (Å²) in [5, 5.41) is 5.70. The van der Waals surface area contributed by atoms with Crippen molar-refractivity contribution in [1.29, 1.82) is 0 Å². The molecule has 1 unspecified atom stereocenters. The highest BCUT2D eigenvalue weighted by Gasteiger charge is 2.30. The third kappa shape index (κ3) is 4.82. The lowest BCUT2D eigenvalue weighted by Crippen LogP contribution is -2.53. The third-order valence-electron chi connectivity index (χ3n) is 3.57. The molecule has 0 aliphatic carbocycles. The first-order chi connectivity index (χ1) is 8.74. The van der Waals surface area contributed by atoms with E-state index in [1.165, 1.54) is 0 Å². The van der Waals surface area contributed by atoms with Crippen molar-refractivity contribution in [3.8, 4) is 0 Å². The van der Waals surface area contributed by atoms with Crippen LogP contribution in [-0.4, -0.2) is 48.4 Å². The zero-order valence-corrected chi connectivity index (χ0v) is 12.7. The highest BCUT2D eigenvalue weighted by atomic mass is 16.2. The fraction of sp³-hybridized carbons (Fsp3) is 0.857. The van der Waals surface area contributed by atoms with E-state index in [2.05, 4.69) is 15.5 Å². The molecule has 0 saturated carbocycles. The van der Waals surface area contributed by atoms with E-state index in [9.17, 15) is 9.59 Å². The van der Waals surface area contributed by atoms with Gasteiger partial charge in [0.1, 0.15) is 0 Å². The number of piperidine rings is 1. The molecule has 19 heavy (non-hydrogen) atoms. The Morgan fingerprint density at radius 3 is 2.16 bits per heavy atom. The number of carbonyl (C=O) groups excluding carboxylic acids is 2. The standard InChI is InChI=1S/C14H27N3O2/c1-10(12(18)16-14(2,3)4)17-8-6-11(7-9-17)13(19)15-5/h10-11H,6-9H2,1-5H3,(H,15,19)(H,16,18). The lowest BCUT2D eigenvalue weighted by Gasteiger charge is -2.35. The molecule has 1 saturated heterocycles. The number of amides is 2. The molecule has 1 heterocycles. The van der Waals surface area contributed by atoms with Gasteiger partial charge in [-0.1, -0.05) is 0 Å². The van der Waals surface area contributed by atoms with Gasteiger partial charge in [0.2, 0.25) is 11.8 Å². The van der Waals surface area contributed by atoms with Crippen LogP contribution in [-0.2, 0) is 9.59 Å². The van der Waals surface area contributed by atoms with Crippen molar-refractivity contribution in [2.75, 3.05) is 20.1 Å². The lowest BCUT2D eigenvalue weighted by molar-refractivity contribution is -0.129. The zero-order chi connectivity index (χ0) is 14.6. The van der Waals surface area contributed by atoms with Crippen LogP contribution < -0.4 is 10.6 Å². The summed E-state index contributed by atoms with van der Waals surface area (Å²) in [5.41, 5.74) is -0.203. The van der Waals surface area contributed by atoms with E-state index in [0.29, 0.717) is 0 Å². The third-order valence-corrected chi connectivity index (χ3v) is 3.57. The Morgan fingerprint density at radius 1 is 1.21 bits per heavy atom. The molecular formula is C14H27N3O2. The number of hydrogen-bond donors (Lipinski definition) is 2. The van der Waals surface area contributed by atoms with Gasteiger partial charge in [-0.25, -0.2) is 0 Å². The molecular weight excluding hydrogens is 242 g/mol. The summed E-state index contributed by atoms with van der Waals surface area (Å²) in [6, 6.07) is -0.134. The molecule has 0 aromatic rings. The number of carbonyl (C=O) groups is 2. The molecule has 1 aliphatic rings. The Bertz CT molecular complexity index is 328. The molecule has 5 heteroatoms. The molecule has 0 radical (unpaired) electrons. The minimum Gasteiger partial charge on any atom is -0.359 e. The predicted octanol–water partition coefficient (Wildman–Crippen LogP) is 0.748. The lowest BCUT2D eigenvalue weighted by atomic mass is 9.95. The minimum absolute atomic E-state index is 0.0610. The van der Waals surface area contributed by atoms with Crippen LogP contribution in [0.5, 0.6) is 0 Å². The Hall–Kier alpha value is -1.10. The normalized spacial score (nSPS) is 19.8. The molecule has 0 aromatic heterocycles. The molecule has 0 aromatic carbocycles. The van der Waals surface area contributed by atoms with Crippen molar-refractivity contribution in [2.45, 2.75) is 52.1 Å². The monoisotopic (exact) mass is 269 g/mol. The predicted molar refractivity (Wildman–Crippen MR) is 75.7 cm³/mol. The largest absolute Gasteiger partial charge is 0.359 e. The van der Waals surface area contributed by atoms with Gasteiger partial charge in [0.15, 0.2) is 0 Å². The van der Waals surface area contributed by atoms with Gasteiger partial charge in [0, 0.05) is 18.5 Å². The van der Waals surface area contributed by atoms with Gasteiger partial charge in [0.25, 0.3) is 0 Å². The molecule has 1 atom stereocenters. The average molecular weight is 269 g/mol. The van der Waals surface area contributed by atoms with E-state index in [1.807, 2.05) is 27.7 Å².